The lowest BCUT2D eigenvalue weighted by Gasteiger charge is -2.11. The number of amides is 1. The predicted molar refractivity (Wildman–Crippen MR) is 95.3 cm³/mol. The van der Waals surface area contributed by atoms with Crippen LogP contribution in [-0.2, 0) is 0 Å². The number of nitrogens with one attached hydrogen (secondary N) is 2. The molecule has 7 heteroatoms. The van der Waals surface area contributed by atoms with Crippen LogP contribution in [0.3, 0.4) is 0 Å². The molecular weight excluding hydrogens is 322 g/mol. The lowest BCUT2D eigenvalue weighted by atomic mass is 10.3. The third-order valence-electron chi connectivity index (χ3n) is 3.30. The topological polar surface area (TPSA) is 79.8 Å². The maximum atomic E-state index is 12.1. The van der Waals surface area contributed by atoms with Gasteiger partial charge in [-0.1, -0.05) is 18.2 Å². The van der Waals surface area contributed by atoms with Gasteiger partial charge in [-0.25, -0.2) is 4.98 Å². The second-order valence-corrected chi connectivity index (χ2v) is 6.57. The number of aryl methyl sites for hydroxylation is 1. The molecule has 0 saturated carbocycles. The normalized spacial score (nSPS) is 11.8. The highest BCUT2D eigenvalue weighted by Gasteiger charge is 2.12. The second kappa shape index (κ2) is 7.18. The van der Waals surface area contributed by atoms with Crippen molar-refractivity contribution in [3.05, 3.63) is 64.2 Å². The standard InChI is InChI=1S/C17H17N5OS/c1-11-10-18-17(24-11)12(2)19-15-9-8-14(21-22-15)16(23)20-13-6-4-3-5-7-13/h3-10,12H,1-2H3,(H,19,22)(H,20,23). The van der Waals surface area contributed by atoms with Gasteiger partial charge < -0.3 is 10.6 Å². The van der Waals surface area contributed by atoms with Gasteiger partial charge in [0.2, 0.25) is 0 Å². The average Bonchev–Trinajstić information content (AvgIpc) is 3.03. The summed E-state index contributed by atoms with van der Waals surface area (Å²) >= 11 is 1.64. The lowest BCUT2D eigenvalue weighted by molar-refractivity contribution is 0.102. The first-order valence-corrected chi connectivity index (χ1v) is 8.32. The van der Waals surface area contributed by atoms with Gasteiger partial charge >= 0.3 is 0 Å². The van der Waals surface area contributed by atoms with E-state index < -0.39 is 0 Å². The van der Waals surface area contributed by atoms with E-state index >= 15 is 0 Å². The van der Waals surface area contributed by atoms with Gasteiger partial charge in [-0.05, 0) is 38.1 Å². The van der Waals surface area contributed by atoms with E-state index in [9.17, 15) is 4.79 Å². The molecule has 0 aliphatic rings. The van der Waals surface area contributed by atoms with Gasteiger partial charge in [-0.3, -0.25) is 4.79 Å². The lowest BCUT2D eigenvalue weighted by Crippen LogP contribution is -2.15. The Labute approximate surface area is 144 Å². The number of aromatic nitrogens is 3. The molecule has 0 bridgehead atoms. The van der Waals surface area contributed by atoms with Gasteiger partial charge in [-0.15, -0.1) is 21.5 Å². The molecule has 0 saturated heterocycles. The number of hydrogen-bond acceptors (Lipinski definition) is 6. The van der Waals surface area contributed by atoms with Crippen molar-refractivity contribution in [1.29, 1.82) is 0 Å². The fourth-order valence-electron chi connectivity index (χ4n) is 2.10. The van der Waals surface area contributed by atoms with Crippen LogP contribution in [0.1, 0.15) is 33.3 Å². The number of rotatable bonds is 5. The summed E-state index contributed by atoms with van der Waals surface area (Å²) in [5, 5.41) is 15.0. The van der Waals surface area contributed by atoms with Gasteiger partial charge in [-0.2, -0.15) is 0 Å². The number of thiazole rings is 1. The summed E-state index contributed by atoms with van der Waals surface area (Å²) in [6.45, 7) is 4.03. The first-order chi connectivity index (χ1) is 11.6. The Hall–Kier alpha value is -2.80. The number of hydrogen-bond donors (Lipinski definition) is 2. The zero-order valence-electron chi connectivity index (χ0n) is 13.4. The van der Waals surface area contributed by atoms with E-state index in [-0.39, 0.29) is 17.6 Å². The third-order valence-corrected chi connectivity index (χ3v) is 4.40. The Balaban J connectivity index is 1.63. The van der Waals surface area contributed by atoms with Crippen molar-refractivity contribution < 1.29 is 4.79 Å². The smallest absolute Gasteiger partial charge is 0.276 e. The molecule has 0 aliphatic carbocycles. The number of para-hydroxylation sites is 1. The Morgan fingerprint density at radius 1 is 1.12 bits per heavy atom. The Kier molecular flexibility index (Phi) is 4.81. The van der Waals surface area contributed by atoms with Crippen LogP contribution >= 0.6 is 11.3 Å². The van der Waals surface area contributed by atoms with Gasteiger partial charge in [0.1, 0.15) is 10.8 Å². The van der Waals surface area contributed by atoms with Crippen molar-refractivity contribution >= 4 is 28.7 Å². The molecule has 1 atom stereocenters. The van der Waals surface area contributed by atoms with Crippen molar-refractivity contribution in [2.45, 2.75) is 19.9 Å². The molecule has 3 rings (SSSR count). The van der Waals surface area contributed by atoms with Crippen LogP contribution in [0.15, 0.2) is 48.7 Å². The van der Waals surface area contributed by atoms with Gasteiger partial charge in [0.05, 0.1) is 6.04 Å². The molecule has 2 heterocycles. The van der Waals surface area contributed by atoms with Crippen molar-refractivity contribution in [3.8, 4) is 0 Å². The molecule has 0 spiro atoms. The number of nitrogens with zero attached hydrogens (tertiary/aromatic N) is 3. The molecular formula is C17H17N5OS. The molecule has 2 aromatic heterocycles. The van der Waals surface area contributed by atoms with Crippen LogP contribution in [0.25, 0.3) is 0 Å². The maximum absolute atomic E-state index is 12.1. The minimum absolute atomic E-state index is 0.0296. The summed E-state index contributed by atoms with van der Waals surface area (Å²) in [5.41, 5.74) is 0.987. The number of carbonyl (C=O) groups excluding carboxylic acids is 1. The van der Waals surface area contributed by atoms with E-state index in [1.54, 1.807) is 23.5 Å². The molecule has 1 amide bonds. The Morgan fingerprint density at radius 3 is 2.54 bits per heavy atom. The van der Waals surface area contributed by atoms with Crippen molar-refractivity contribution in [2.24, 2.45) is 0 Å². The molecule has 1 aromatic carbocycles. The molecule has 24 heavy (non-hydrogen) atoms. The second-order valence-electron chi connectivity index (χ2n) is 5.30. The summed E-state index contributed by atoms with van der Waals surface area (Å²) in [4.78, 5) is 17.6. The van der Waals surface area contributed by atoms with Crippen LogP contribution in [-0.4, -0.2) is 21.1 Å². The highest BCUT2D eigenvalue weighted by Crippen LogP contribution is 2.22. The maximum Gasteiger partial charge on any atom is 0.276 e. The van der Waals surface area contributed by atoms with Crippen LogP contribution in [0.4, 0.5) is 11.5 Å². The molecule has 3 aromatic rings. The number of carbonyl (C=O) groups is 1. The monoisotopic (exact) mass is 339 g/mol. The van der Waals surface area contributed by atoms with Crippen molar-refractivity contribution in [3.63, 3.8) is 0 Å². The molecule has 122 valence electrons. The SMILES string of the molecule is Cc1cnc(C(C)Nc2ccc(C(=O)Nc3ccccc3)nn2)s1. The van der Waals surface area contributed by atoms with E-state index in [1.165, 1.54) is 0 Å². The zero-order chi connectivity index (χ0) is 16.9. The largest absolute Gasteiger partial charge is 0.360 e. The molecule has 0 fully saturated rings. The van der Waals surface area contributed by atoms with E-state index in [2.05, 4.69) is 25.8 Å². The van der Waals surface area contributed by atoms with Crippen LogP contribution < -0.4 is 10.6 Å². The minimum atomic E-state index is -0.288. The van der Waals surface area contributed by atoms with Gasteiger partial charge in [0, 0.05) is 16.8 Å². The van der Waals surface area contributed by atoms with Gasteiger partial charge in [0.25, 0.3) is 5.91 Å². The van der Waals surface area contributed by atoms with Gasteiger partial charge in [0.15, 0.2) is 5.69 Å². The van der Waals surface area contributed by atoms with E-state index in [1.807, 2.05) is 50.4 Å². The third kappa shape index (κ3) is 3.94. The molecule has 2 N–H and O–H groups in total. The number of anilines is 2. The Morgan fingerprint density at radius 2 is 1.92 bits per heavy atom. The quantitative estimate of drug-likeness (QED) is 0.741. The van der Waals surface area contributed by atoms with E-state index in [0.29, 0.717) is 5.82 Å². The highest BCUT2D eigenvalue weighted by atomic mass is 32.1. The molecule has 0 radical (unpaired) electrons. The first kappa shape index (κ1) is 16.1. The average molecular weight is 339 g/mol. The fraction of sp³-hybridized carbons (Fsp3) is 0.176. The minimum Gasteiger partial charge on any atom is -0.360 e. The van der Waals surface area contributed by atoms with Crippen LogP contribution in [0.2, 0.25) is 0 Å². The predicted octanol–water partition coefficient (Wildman–Crippen LogP) is 3.67. The van der Waals surface area contributed by atoms with Crippen LogP contribution in [0.5, 0.6) is 0 Å². The molecule has 0 aliphatic heterocycles. The first-order valence-electron chi connectivity index (χ1n) is 7.51. The number of benzene rings is 1. The highest BCUT2D eigenvalue weighted by molar-refractivity contribution is 7.11. The summed E-state index contributed by atoms with van der Waals surface area (Å²) in [6.07, 6.45) is 1.85. The summed E-state index contributed by atoms with van der Waals surface area (Å²) in [5.74, 6) is 0.315. The molecule has 6 nitrogen and oxygen atoms in total. The summed E-state index contributed by atoms with van der Waals surface area (Å²) in [7, 11) is 0. The summed E-state index contributed by atoms with van der Waals surface area (Å²) in [6, 6.07) is 12.7. The zero-order valence-corrected chi connectivity index (χ0v) is 14.2. The Bertz CT molecular complexity index is 817. The summed E-state index contributed by atoms with van der Waals surface area (Å²) < 4.78 is 0. The van der Waals surface area contributed by atoms with E-state index in [4.69, 9.17) is 0 Å². The molecule has 1 unspecified atom stereocenters. The van der Waals surface area contributed by atoms with Crippen molar-refractivity contribution in [2.75, 3.05) is 10.6 Å². The van der Waals surface area contributed by atoms with Crippen molar-refractivity contribution in [1.82, 2.24) is 15.2 Å². The van der Waals surface area contributed by atoms with Crippen LogP contribution in [0, 0.1) is 6.92 Å². The van der Waals surface area contributed by atoms with E-state index in [0.717, 1.165) is 15.6 Å². The fourth-order valence-corrected chi connectivity index (χ4v) is 2.88.